The second kappa shape index (κ2) is 15.3. The van der Waals surface area contributed by atoms with Gasteiger partial charge in [-0.3, -0.25) is 9.98 Å². The van der Waals surface area contributed by atoms with Crippen LogP contribution in [0.2, 0.25) is 0 Å². The van der Waals surface area contributed by atoms with Gasteiger partial charge in [0.25, 0.3) is 0 Å². The standard InChI is InChI=1S/C23H28FN3O2.C6H12N2/c1-23(2,16-26-19-10-8-18(24)9-11-19)27-22-21(29-14-13-25-22)15-17-5-4-6-20(28-3)12-7-17;1-4-5-8(3)6-7-2/h4-12,15,17,26H,13-14,16H2,1-3H3,(H,25,27);4-6H,1-3H3/b21-15-;5-4+,7-6?. The Kier molecular flexibility index (Phi) is 12.2. The predicted octanol–water partition coefficient (Wildman–Crippen LogP) is 5.30. The van der Waals surface area contributed by atoms with Crippen LogP contribution in [-0.2, 0) is 9.47 Å². The summed E-state index contributed by atoms with van der Waals surface area (Å²) in [6, 6.07) is 6.34. The molecule has 37 heavy (non-hydrogen) atoms. The van der Waals surface area contributed by atoms with Crippen LogP contribution in [0, 0.1) is 11.7 Å². The van der Waals surface area contributed by atoms with Crippen molar-refractivity contribution in [3.63, 3.8) is 0 Å². The maximum Gasteiger partial charge on any atom is 0.164 e. The Morgan fingerprint density at radius 1 is 1.27 bits per heavy atom. The summed E-state index contributed by atoms with van der Waals surface area (Å²) in [5, 5.41) is 6.82. The molecule has 0 amide bonds. The van der Waals surface area contributed by atoms with Crippen molar-refractivity contribution in [2.24, 2.45) is 15.9 Å². The van der Waals surface area contributed by atoms with E-state index in [0.717, 1.165) is 23.0 Å². The first kappa shape index (κ1) is 29.4. The molecule has 200 valence electrons. The summed E-state index contributed by atoms with van der Waals surface area (Å²) in [4.78, 5) is 10.3. The molecule has 1 heterocycles. The highest BCUT2D eigenvalue weighted by Crippen LogP contribution is 2.18. The van der Waals surface area contributed by atoms with Gasteiger partial charge in [0.1, 0.15) is 18.2 Å². The van der Waals surface area contributed by atoms with Crippen molar-refractivity contribution in [2.75, 3.05) is 46.2 Å². The topological polar surface area (TPSA) is 70.5 Å². The zero-order valence-electron chi connectivity index (χ0n) is 22.7. The first-order valence-electron chi connectivity index (χ1n) is 12.3. The summed E-state index contributed by atoms with van der Waals surface area (Å²) in [7, 11) is 5.34. The van der Waals surface area contributed by atoms with E-state index in [4.69, 9.17) is 9.47 Å². The molecule has 0 fully saturated rings. The van der Waals surface area contributed by atoms with E-state index < -0.39 is 0 Å². The fourth-order valence-electron chi connectivity index (χ4n) is 3.43. The van der Waals surface area contributed by atoms with Crippen molar-refractivity contribution in [3.8, 4) is 0 Å². The van der Waals surface area contributed by atoms with E-state index in [1.807, 2.05) is 55.5 Å². The minimum absolute atomic E-state index is 0.0828. The largest absolute Gasteiger partial charge is 0.497 e. The number of aliphatic imine (C=N–C) groups is 2. The molecule has 7 nitrogen and oxygen atoms in total. The number of allylic oxidation sites excluding steroid dienone is 7. The minimum Gasteiger partial charge on any atom is -0.497 e. The van der Waals surface area contributed by atoms with Gasteiger partial charge in [-0.2, -0.15) is 0 Å². The van der Waals surface area contributed by atoms with Crippen molar-refractivity contribution in [1.82, 2.24) is 10.2 Å². The van der Waals surface area contributed by atoms with Crippen LogP contribution in [-0.4, -0.2) is 63.5 Å². The van der Waals surface area contributed by atoms with E-state index in [2.05, 4.69) is 46.6 Å². The Hall–Kier alpha value is -3.81. The number of methoxy groups -OCH3 is 1. The highest BCUT2D eigenvalue weighted by molar-refractivity contribution is 5.97. The van der Waals surface area contributed by atoms with Crippen molar-refractivity contribution >= 4 is 17.9 Å². The van der Waals surface area contributed by atoms with Crippen molar-refractivity contribution in [3.05, 3.63) is 90.3 Å². The predicted molar refractivity (Wildman–Crippen MR) is 152 cm³/mol. The Morgan fingerprint density at radius 2 is 2.03 bits per heavy atom. The molecule has 2 N–H and O–H groups in total. The van der Waals surface area contributed by atoms with Gasteiger partial charge in [-0.05, 0) is 63.3 Å². The molecular weight excluding hydrogens is 469 g/mol. The van der Waals surface area contributed by atoms with E-state index >= 15 is 0 Å². The lowest BCUT2D eigenvalue weighted by Gasteiger charge is -2.31. The Bertz CT molecular complexity index is 1040. The van der Waals surface area contributed by atoms with E-state index in [-0.39, 0.29) is 17.3 Å². The summed E-state index contributed by atoms with van der Waals surface area (Å²) < 4.78 is 24.2. The number of rotatable bonds is 8. The highest BCUT2D eigenvalue weighted by atomic mass is 19.1. The van der Waals surface area contributed by atoms with Crippen molar-refractivity contribution in [1.29, 1.82) is 0 Å². The van der Waals surface area contributed by atoms with E-state index in [1.54, 1.807) is 32.6 Å². The quantitative estimate of drug-likeness (QED) is 0.368. The summed E-state index contributed by atoms with van der Waals surface area (Å²) >= 11 is 0. The third-order valence-electron chi connectivity index (χ3n) is 5.23. The van der Waals surface area contributed by atoms with Gasteiger partial charge in [0.15, 0.2) is 11.6 Å². The van der Waals surface area contributed by atoms with Crippen LogP contribution in [0.3, 0.4) is 0 Å². The molecule has 1 aliphatic carbocycles. The van der Waals surface area contributed by atoms with Crippen molar-refractivity contribution in [2.45, 2.75) is 26.3 Å². The van der Waals surface area contributed by atoms with Gasteiger partial charge in [0.2, 0.25) is 0 Å². The molecule has 1 atom stereocenters. The molecule has 0 saturated carbocycles. The molecule has 0 bridgehead atoms. The average Bonchev–Trinajstić information content (AvgIpc) is 3.11. The second-order valence-electron chi connectivity index (χ2n) is 9.10. The number of hydrogen-bond acceptors (Lipinski definition) is 6. The minimum atomic E-state index is -0.299. The van der Waals surface area contributed by atoms with Crippen LogP contribution >= 0.6 is 0 Å². The molecule has 0 spiro atoms. The first-order chi connectivity index (χ1) is 17.8. The zero-order chi connectivity index (χ0) is 27.1. The fourth-order valence-corrected chi connectivity index (χ4v) is 3.43. The van der Waals surface area contributed by atoms with Gasteiger partial charge in [-0.25, -0.2) is 4.39 Å². The number of ether oxygens (including phenoxy) is 2. The molecule has 0 aromatic heterocycles. The van der Waals surface area contributed by atoms with Gasteiger partial charge >= 0.3 is 0 Å². The SMILES string of the molecule is C/C=C/N(C)C=NC.COC1=CC=CC(/C=C2\OCCN=C2NC(C)(C)CNc2ccc(F)cc2)C=C1. The van der Waals surface area contributed by atoms with Crippen LogP contribution < -0.4 is 10.6 Å². The maximum absolute atomic E-state index is 13.1. The number of hydrogen-bond donors (Lipinski definition) is 2. The maximum atomic E-state index is 13.1. The number of benzene rings is 1. The van der Waals surface area contributed by atoms with Gasteiger partial charge < -0.3 is 25.0 Å². The number of anilines is 1. The lowest BCUT2D eigenvalue weighted by atomic mass is 10.0. The average molecular weight is 510 g/mol. The summed E-state index contributed by atoms with van der Waals surface area (Å²) in [5.41, 5.74) is 0.571. The third kappa shape index (κ3) is 11.2. The second-order valence-corrected chi connectivity index (χ2v) is 9.10. The van der Waals surface area contributed by atoms with Crippen LogP contribution in [0.4, 0.5) is 10.1 Å². The van der Waals surface area contributed by atoms with Gasteiger partial charge in [0.05, 0.1) is 25.5 Å². The molecule has 1 aliphatic heterocycles. The lowest BCUT2D eigenvalue weighted by Crippen LogP contribution is -2.50. The first-order valence-corrected chi connectivity index (χ1v) is 12.3. The lowest BCUT2D eigenvalue weighted by molar-refractivity contribution is 0.225. The van der Waals surface area contributed by atoms with Crippen LogP contribution in [0.15, 0.2) is 94.5 Å². The van der Waals surface area contributed by atoms with Gasteiger partial charge in [-0.1, -0.05) is 24.3 Å². The Morgan fingerprint density at radius 3 is 2.70 bits per heavy atom. The van der Waals surface area contributed by atoms with Crippen LogP contribution in [0.25, 0.3) is 0 Å². The monoisotopic (exact) mass is 509 g/mol. The molecule has 1 unspecified atom stereocenters. The van der Waals surface area contributed by atoms with Gasteiger partial charge in [-0.15, -0.1) is 0 Å². The van der Waals surface area contributed by atoms with Gasteiger partial charge in [0, 0.05) is 38.4 Å². The molecule has 0 saturated heterocycles. The number of halogens is 1. The molecular formula is C29H40FN5O2. The smallest absolute Gasteiger partial charge is 0.164 e. The Labute approximate surface area is 220 Å². The molecule has 0 radical (unpaired) electrons. The normalized spacial score (nSPS) is 18.5. The van der Waals surface area contributed by atoms with E-state index in [1.165, 1.54) is 12.1 Å². The van der Waals surface area contributed by atoms with E-state index in [9.17, 15) is 4.39 Å². The molecule has 1 aromatic rings. The molecule has 3 rings (SSSR count). The highest BCUT2D eigenvalue weighted by Gasteiger charge is 2.24. The third-order valence-corrected chi connectivity index (χ3v) is 5.23. The zero-order valence-corrected chi connectivity index (χ0v) is 22.7. The number of nitrogens with zero attached hydrogens (tertiary/aromatic N) is 3. The summed E-state index contributed by atoms with van der Waals surface area (Å²) in [5.74, 6) is 2.14. The van der Waals surface area contributed by atoms with Crippen LogP contribution in [0.1, 0.15) is 20.8 Å². The number of amidine groups is 1. The number of nitrogens with one attached hydrogen (secondary N) is 2. The van der Waals surface area contributed by atoms with E-state index in [0.29, 0.717) is 19.7 Å². The molecule has 2 aliphatic rings. The Balaban J connectivity index is 0.000000521. The summed E-state index contributed by atoms with van der Waals surface area (Å²) in [6.45, 7) is 7.95. The molecule has 1 aromatic carbocycles. The fraction of sp³-hybridized carbons (Fsp3) is 0.379. The summed E-state index contributed by atoms with van der Waals surface area (Å²) in [6.07, 6.45) is 17.7. The van der Waals surface area contributed by atoms with Crippen molar-refractivity contribution < 1.29 is 13.9 Å². The van der Waals surface area contributed by atoms with Crippen LogP contribution in [0.5, 0.6) is 0 Å². The molecule has 8 heteroatoms.